The largest absolute Gasteiger partial charge is 0.306 e. The van der Waals surface area contributed by atoms with E-state index < -0.39 is 0 Å². The van der Waals surface area contributed by atoms with E-state index in [9.17, 15) is 0 Å². The van der Waals surface area contributed by atoms with Crippen molar-refractivity contribution in [2.24, 2.45) is 0 Å². The monoisotopic (exact) mass is 252 g/mol. The molecule has 1 aliphatic rings. The molecule has 4 heteroatoms. The van der Waals surface area contributed by atoms with Gasteiger partial charge in [0.2, 0.25) is 0 Å². The predicted molar refractivity (Wildman–Crippen MR) is 69.2 cm³/mol. The van der Waals surface area contributed by atoms with Gasteiger partial charge < -0.3 is 5.32 Å². The van der Waals surface area contributed by atoms with Crippen molar-refractivity contribution in [3.8, 4) is 0 Å². The minimum atomic E-state index is 0.0656. The molecule has 3 rings (SSSR count). The molecule has 0 saturated carbocycles. The van der Waals surface area contributed by atoms with Crippen molar-refractivity contribution in [2.45, 2.75) is 25.3 Å². The average molecular weight is 253 g/mol. The summed E-state index contributed by atoms with van der Waals surface area (Å²) in [6.07, 6.45) is 2.40. The third-order valence-corrected chi connectivity index (χ3v) is 4.73. The van der Waals surface area contributed by atoms with Crippen LogP contribution in [0.25, 0.3) is 10.2 Å². The zero-order valence-corrected chi connectivity index (χ0v) is 10.7. The first kappa shape index (κ1) is 10.5. The lowest BCUT2D eigenvalue weighted by molar-refractivity contribution is 0.433. The minimum absolute atomic E-state index is 0.0656. The smallest absolute Gasteiger partial charge is 0.114 e. The van der Waals surface area contributed by atoms with Crippen molar-refractivity contribution in [1.29, 1.82) is 0 Å². The van der Waals surface area contributed by atoms with Gasteiger partial charge in [-0.25, -0.2) is 4.98 Å². The second-order valence-corrected chi connectivity index (χ2v) is 5.96. The van der Waals surface area contributed by atoms with Gasteiger partial charge in [0.25, 0.3) is 0 Å². The highest BCUT2D eigenvalue weighted by molar-refractivity contribution is 7.18. The van der Waals surface area contributed by atoms with Crippen LogP contribution in [0, 0.1) is 0 Å². The molecule has 0 bridgehead atoms. The lowest BCUT2D eigenvalue weighted by atomic mass is 10.0. The summed E-state index contributed by atoms with van der Waals surface area (Å²) < 4.78 is 1.22. The number of nitrogens with one attached hydrogen (secondary N) is 1. The Bertz CT molecular complexity index is 529. The zero-order valence-electron chi connectivity index (χ0n) is 9.09. The zero-order chi connectivity index (χ0) is 11.2. The first-order valence-electron chi connectivity index (χ1n) is 5.49. The van der Waals surface area contributed by atoms with Crippen LogP contribution in [0.5, 0.6) is 0 Å². The highest BCUT2D eigenvalue weighted by atomic mass is 35.5. The number of aromatic nitrogens is 1. The van der Waals surface area contributed by atoms with Crippen LogP contribution >= 0.6 is 22.9 Å². The van der Waals surface area contributed by atoms with E-state index in [0.717, 1.165) is 17.1 Å². The first-order valence-corrected chi connectivity index (χ1v) is 6.68. The number of hydrogen-bond donors (Lipinski definition) is 1. The summed E-state index contributed by atoms with van der Waals surface area (Å²) in [4.78, 5) is 4.70. The van der Waals surface area contributed by atoms with E-state index in [1.165, 1.54) is 22.5 Å². The third kappa shape index (κ3) is 1.63. The van der Waals surface area contributed by atoms with Gasteiger partial charge >= 0.3 is 0 Å². The minimum Gasteiger partial charge on any atom is -0.306 e. The van der Waals surface area contributed by atoms with Gasteiger partial charge in [-0.2, -0.15) is 0 Å². The third-order valence-electron chi connectivity index (χ3n) is 3.19. The second-order valence-electron chi connectivity index (χ2n) is 4.49. The van der Waals surface area contributed by atoms with E-state index in [-0.39, 0.29) is 5.54 Å². The molecule has 1 unspecified atom stereocenters. The van der Waals surface area contributed by atoms with Crippen LogP contribution in [0.2, 0.25) is 5.02 Å². The highest BCUT2D eigenvalue weighted by Crippen LogP contribution is 2.36. The lowest BCUT2D eigenvalue weighted by Crippen LogP contribution is -2.32. The molecule has 1 N–H and O–H groups in total. The highest BCUT2D eigenvalue weighted by Gasteiger charge is 2.33. The van der Waals surface area contributed by atoms with E-state index >= 15 is 0 Å². The van der Waals surface area contributed by atoms with Crippen molar-refractivity contribution in [2.75, 3.05) is 6.54 Å². The summed E-state index contributed by atoms with van der Waals surface area (Å²) >= 11 is 7.74. The number of nitrogens with zero attached hydrogens (tertiary/aromatic N) is 1. The predicted octanol–water partition coefficient (Wildman–Crippen LogP) is 3.55. The maximum absolute atomic E-state index is 5.97. The van der Waals surface area contributed by atoms with Gasteiger partial charge in [-0.05, 0) is 44.5 Å². The Hall–Kier alpha value is -0.640. The van der Waals surface area contributed by atoms with Crippen LogP contribution in [0.4, 0.5) is 0 Å². The molecule has 84 valence electrons. The molecule has 1 atom stereocenters. The number of rotatable bonds is 1. The molecule has 2 aromatic rings. The maximum Gasteiger partial charge on any atom is 0.114 e. The lowest BCUT2D eigenvalue weighted by Gasteiger charge is -2.20. The SMILES string of the molecule is CC1(c2nc3cc(Cl)ccc3s2)CCCN1. The Labute approximate surface area is 104 Å². The van der Waals surface area contributed by atoms with Crippen LogP contribution < -0.4 is 5.32 Å². The van der Waals surface area contributed by atoms with Gasteiger partial charge in [-0.3, -0.25) is 0 Å². The van der Waals surface area contributed by atoms with Crippen molar-refractivity contribution in [3.63, 3.8) is 0 Å². The molecule has 1 aromatic heterocycles. The summed E-state index contributed by atoms with van der Waals surface area (Å²) in [5.74, 6) is 0. The van der Waals surface area contributed by atoms with Crippen molar-refractivity contribution >= 4 is 33.2 Å². The van der Waals surface area contributed by atoms with Gasteiger partial charge in [0.05, 0.1) is 15.8 Å². The van der Waals surface area contributed by atoms with E-state index in [1.54, 1.807) is 11.3 Å². The number of halogens is 1. The van der Waals surface area contributed by atoms with E-state index in [1.807, 2.05) is 12.1 Å². The molecule has 2 nitrogen and oxygen atoms in total. The summed E-state index contributed by atoms with van der Waals surface area (Å²) in [6, 6.07) is 5.92. The molecule has 0 aliphatic carbocycles. The number of fused-ring (bicyclic) bond motifs is 1. The van der Waals surface area contributed by atoms with Crippen LogP contribution in [0.1, 0.15) is 24.8 Å². The molecule has 0 spiro atoms. The first-order chi connectivity index (χ1) is 7.67. The van der Waals surface area contributed by atoms with Gasteiger partial charge in [-0.1, -0.05) is 11.6 Å². The molecule has 1 aliphatic heterocycles. The topological polar surface area (TPSA) is 24.9 Å². The van der Waals surface area contributed by atoms with Gasteiger partial charge in [0.15, 0.2) is 0 Å². The fourth-order valence-corrected chi connectivity index (χ4v) is 3.48. The normalized spacial score (nSPS) is 25.4. The Balaban J connectivity index is 2.11. The molecule has 0 amide bonds. The van der Waals surface area contributed by atoms with Gasteiger partial charge in [0, 0.05) is 5.02 Å². The molecule has 1 aromatic carbocycles. The Morgan fingerprint density at radius 3 is 3.12 bits per heavy atom. The number of thiazole rings is 1. The average Bonchev–Trinajstić information content (AvgIpc) is 2.84. The van der Waals surface area contributed by atoms with E-state index in [2.05, 4.69) is 18.3 Å². The number of hydrogen-bond acceptors (Lipinski definition) is 3. The fourth-order valence-electron chi connectivity index (χ4n) is 2.21. The number of benzene rings is 1. The second kappa shape index (κ2) is 3.69. The Morgan fingerprint density at radius 1 is 1.50 bits per heavy atom. The summed E-state index contributed by atoms with van der Waals surface area (Å²) in [5.41, 5.74) is 1.08. The molecule has 1 saturated heterocycles. The van der Waals surface area contributed by atoms with E-state index in [4.69, 9.17) is 16.6 Å². The maximum atomic E-state index is 5.97. The Morgan fingerprint density at radius 2 is 2.38 bits per heavy atom. The summed E-state index contributed by atoms with van der Waals surface area (Å²) in [5, 5.41) is 5.48. The van der Waals surface area contributed by atoms with E-state index in [0.29, 0.717) is 0 Å². The molecular weight excluding hydrogens is 240 g/mol. The quantitative estimate of drug-likeness (QED) is 0.840. The molecule has 1 fully saturated rings. The standard InChI is InChI=1S/C12H13ClN2S/c1-12(5-2-6-14-12)11-15-9-7-8(13)3-4-10(9)16-11/h3-4,7,14H,2,5-6H2,1H3. The fraction of sp³-hybridized carbons (Fsp3) is 0.417. The van der Waals surface area contributed by atoms with Crippen molar-refractivity contribution in [1.82, 2.24) is 10.3 Å². The van der Waals surface area contributed by atoms with Crippen LogP contribution in [0.15, 0.2) is 18.2 Å². The van der Waals surface area contributed by atoms with Gasteiger partial charge in [-0.15, -0.1) is 11.3 Å². The Kier molecular flexibility index (Phi) is 2.42. The molecular formula is C12H13ClN2S. The summed E-state index contributed by atoms with van der Waals surface area (Å²) in [7, 11) is 0. The van der Waals surface area contributed by atoms with Crippen LogP contribution in [-0.2, 0) is 5.54 Å². The van der Waals surface area contributed by atoms with Crippen LogP contribution in [-0.4, -0.2) is 11.5 Å². The van der Waals surface area contributed by atoms with Crippen molar-refractivity contribution < 1.29 is 0 Å². The van der Waals surface area contributed by atoms with Crippen molar-refractivity contribution in [3.05, 3.63) is 28.2 Å². The summed E-state index contributed by atoms with van der Waals surface area (Å²) in [6.45, 7) is 3.33. The molecule has 0 radical (unpaired) electrons. The molecule has 16 heavy (non-hydrogen) atoms. The molecule has 2 heterocycles. The van der Waals surface area contributed by atoms with Crippen LogP contribution in [0.3, 0.4) is 0 Å². The van der Waals surface area contributed by atoms with Gasteiger partial charge in [0.1, 0.15) is 5.01 Å².